The van der Waals surface area contributed by atoms with Gasteiger partial charge in [0.15, 0.2) is 11.5 Å². The number of anilines is 1. The molecule has 0 bridgehead atoms. The SMILES string of the molecule is COc1cc(-c2cc(-c3ccccc3)nc(SCCC(=O)Nc3c(C)cccc3C)c2C#N)cc(OC)c1OC. The topological polar surface area (TPSA) is 93.5 Å². The van der Waals surface area contributed by atoms with Gasteiger partial charge in [-0.2, -0.15) is 5.26 Å². The molecule has 3 aromatic carbocycles. The highest BCUT2D eigenvalue weighted by molar-refractivity contribution is 7.99. The highest BCUT2D eigenvalue weighted by Gasteiger charge is 2.20. The van der Waals surface area contributed by atoms with E-state index in [1.807, 2.05) is 80.6 Å². The zero-order valence-electron chi connectivity index (χ0n) is 23.2. The fourth-order valence-corrected chi connectivity index (χ4v) is 5.35. The maximum absolute atomic E-state index is 12.8. The Kier molecular flexibility index (Phi) is 9.31. The van der Waals surface area contributed by atoms with Crippen molar-refractivity contribution in [2.75, 3.05) is 32.4 Å². The number of aromatic nitrogens is 1. The molecule has 0 radical (unpaired) electrons. The third-order valence-electron chi connectivity index (χ3n) is 6.46. The van der Waals surface area contributed by atoms with Gasteiger partial charge in [-0.25, -0.2) is 4.98 Å². The summed E-state index contributed by atoms with van der Waals surface area (Å²) in [6.07, 6.45) is 0.264. The number of methoxy groups -OCH3 is 3. The van der Waals surface area contributed by atoms with Gasteiger partial charge >= 0.3 is 0 Å². The number of nitrogens with zero attached hydrogens (tertiary/aromatic N) is 2. The van der Waals surface area contributed by atoms with Gasteiger partial charge in [0.05, 0.1) is 32.6 Å². The molecule has 4 rings (SSSR count). The number of benzene rings is 3. The van der Waals surface area contributed by atoms with Crippen LogP contribution in [0.4, 0.5) is 5.69 Å². The minimum Gasteiger partial charge on any atom is -0.493 e. The average Bonchev–Trinajstić information content (AvgIpc) is 2.98. The van der Waals surface area contributed by atoms with Crippen molar-refractivity contribution in [2.45, 2.75) is 25.3 Å². The Bertz CT molecular complexity index is 1520. The lowest BCUT2D eigenvalue weighted by Gasteiger charge is -2.17. The molecule has 1 N–H and O–H groups in total. The van der Waals surface area contributed by atoms with E-state index in [2.05, 4.69) is 11.4 Å². The zero-order valence-corrected chi connectivity index (χ0v) is 24.0. The van der Waals surface area contributed by atoms with Crippen LogP contribution in [0.2, 0.25) is 0 Å². The number of para-hydroxylation sites is 1. The second kappa shape index (κ2) is 13.0. The van der Waals surface area contributed by atoms with Gasteiger partial charge in [0.1, 0.15) is 11.1 Å². The van der Waals surface area contributed by atoms with Gasteiger partial charge in [-0.1, -0.05) is 48.5 Å². The summed E-state index contributed by atoms with van der Waals surface area (Å²) in [5.74, 6) is 1.79. The highest BCUT2D eigenvalue weighted by atomic mass is 32.2. The normalized spacial score (nSPS) is 10.5. The van der Waals surface area contributed by atoms with Crippen LogP contribution < -0.4 is 19.5 Å². The number of nitriles is 1. The van der Waals surface area contributed by atoms with Crippen molar-refractivity contribution < 1.29 is 19.0 Å². The fraction of sp³-hybridized carbons (Fsp3) is 0.219. The Morgan fingerprint density at radius 3 is 2.12 bits per heavy atom. The van der Waals surface area contributed by atoms with Crippen LogP contribution in [0.3, 0.4) is 0 Å². The first-order valence-corrected chi connectivity index (χ1v) is 13.7. The number of pyridine rings is 1. The summed E-state index contributed by atoms with van der Waals surface area (Å²) < 4.78 is 16.6. The molecule has 0 saturated heterocycles. The molecule has 7 nitrogen and oxygen atoms in total. The average molecular weight is 554 g/mol. The maximum Gasteiger partial charge on any atom is 0.225 e. The van der Waals surface area contributed by atoms with E-state index < -0.39 is 0 Å². The Morgan fingerprint density at radius 2 is 1.55 bits per heavy atom. The molecule has 1 heterocycles. The van der Waals surface area contributed by atoms with E-state index in [0.29, 0.717) is 44.8 Å². The van der Waals surface area contributed by atoms with E-state index in [9.17, 15) is 10.1 Å². The van der Waals surface area contributed by atoms with Crippen molar-refractivity contribution in [1.29, 1.82) is 5.26 Å². The maximum atomic E-state index is 12.8. The van der Waals surface area contributed by atoms with E-state index in [0.717, 1.165) is 27.9 Å². The minimum absolute atomic E-state index is 0.0903. The number of carbonyl (C=O) groups is 1. The third kappa shape index (κ3) is 6.22. The number of amides is 1. The van der Waals surface area contributed by atoms with E-state index >= 15 is 0 Å². The molecule has 0 aliphatic rings. The second-order valence-corrected chi connectivity index (χ2v) is 10.1. The Balaban J connectivity index is 1.71. The predicted octanol–water partition coefficient (Wildman–Crippen LogP) is 7.05. The number of aryl methyl sites for hydroxylation is 2. The highest BCUT2D eigenvalue weighted by Crippen LogP contribution is 2.43. The molecule has 0 aliphatic carbocycles. The second-order valence-electron chi connectivity index (χ2n) is 9.04. The van der Waals surface area contributed by atoms with Crippen LogP contribution >= 0.6 is 11.8 Å². The van der Waals surface area contributed by atoms with E-state index in [4.69, 9.17) is 19.2 Å². The lowest BCUT2D eigenvalue weighted by Crippen LogP contribution is -2.14. The van der Waals surface area contributed by atoms with Gasteiger partial charge in [-0.05, 0) is 48.7 Å². The summed E-state index contributed by atoms with van der Waals surface area (Å²) >= 11 is 1.38. The number of thioether (sulfide) groups is 1. The molecule has 0 fully saturated rings. The van der Waals surface area contributed by atoms with Crippen molar-refractivity contribution in [3.05, 3.63) is 83.4 Å². The molecular formula is C32H31N3O4S. The quantitative estimate of drug-likeness (QED) is 0.210. The van der Waals surface area contributed by atoms with Crippen LogP contribution in [0.5, 0.6) is 17.2 Å². The summed E-state index contributed by atoms with van der Waals surface area (Å²) in [4.78, 5) is 17.6. The number of ether oxygens (including phenoxy) is 3. The van der Waals surface area contributed by atoms with E-state index in [1.54, 1.807) is 21.3 Å². The van der Waals surface area contributed by atoms with Crippen LogP contribution in [0.25, 0.3) is 22.4 Å². The van der Waals surface area contributed by atoms with Crippen LogP contribution in [0.15, 0.2) is 71.8 Å². The monoisotopic (exact) mass is 553 g/mol. The standard InChI is InChI=1S/C32H31N3O4S/c1-20-10-9-11-21(2)30(20)35-29(36)14-15-40-32-25(19-33)24(18-26(34-32)22-12-7-6-8-13-22)23-16-27(37-3)31(39-5)28(17-23)38-4/h6-13,16-18H,14-15H2,1-5H3,(H,35,36). The van der Waals surface area contributed by atoms with Gasteiger partial charge in [0.2, 0.25) is 11.7 Å². The van der Waals surface area contributed by atoms with Crippen molar-refractivity contribution >= 4 is 23.4 Å². The van der Waals surface area contributed by atoms with Crippen LogP contribution in [-0.2, 0) is 4.79 Å². The smallest absolute Gasteiger partial charge is 0.225 e. The van der Waals surface area contributed by atoms with Crippen molar-refractivity contribution in [3.8, 4) is 45.7 Å². The molecule has 40 heavy (non-hydrogen) atoms. The van der Waals surface area contributed by atoms with Crippen molar-refractivity contribution in [3.63, 3.8) is 0 Å². The summed E-state index contributed by atoms with van der Waals surface area (Å²) in [7, 11) is 4.66. The summed E-state index contributed by atoms with van der Waals surface area (Å²) in [6.45, 7) is 3.94. The first-order valence-electron chi connectivity index (χ1n) is 12.7. The fourth-order valence-electron chi connectivity index (χ4n) is 4.41. The molecule has 204 valence electrons. The Morgan fingerprint density at radius 1 is 0.900 bits per heavy atom. The summed E-state index contributed by atoms with van der Waals surface area (Å²) in [5, 5.41) is 13.8. The molecule has 0 saturated carbocycles. The van der Waals surface area contributed by atoms with Crippen molar-refractivity contribution in [1.82, 2.24) is 4.98 Å². The Hall–Kier alpha value is -4.48. The number of hydrogen-bond donors (Lipinski definition) is 1. The lowest BCUT2D eigenvalue weighted by atomic mass is 9.98. The van der Waals surface area contributed by atoms with Crippen LogP contribution in [0.1, 0.15) is 23.1 Å². The van der Waals surface area contributed by atoms with Crippen molar-refractivity contribution in [2.24, 2.45) is 0 Å². The van der Waals surface area contributed by atoms with E-state index in [1.165, 1.54) is 11.8 Å². The lowest BCUT2D eigenvalue weighted by molar-refractivity contribution is -0.115. The molecule has 1 aromatic heterocycles. The number of nitrogens with one attached hydrogen (secondary N) is 1. The zero-order chi connectivity index (χ0) is 28.6. The molecule has 0 spiro atoms. The van der Waals surface area contributed by atoms with Gasteiger partial charge in [-0.3, -0.25) is 4.79 Å². The third-order valence-corrected chi connectivity index (χ3v) is 7.43. The molecule has 8 heteroatoms. The first kappa shape index (κ1) is 28.5. The van der Waals surface area contributed by atoms with Crippen LogP contribution in [-0.4, -0.2) is 38.0 Å². The minimum atomic E-state index is -0.0903. The molecule has 0 atom stereocenters. The van der Waals surface area contributed by atoms with Gasteiger partial charge < -0.3 is 19.5 Å². The molecule has 4 aromatic rings. The number of hydrogen-bond acceptors (Lipinski definition) is 7. The predicted molar refractivity (Wildman–Crippen MR) is 159 cm³/mol. The van der Waals surface area contributed by atoms with Crippen LogP contribution in [0, 0.1) is 25.2 Å². The molecule has 0 aliphatic heterocycles. The number of carbonyl (C=O) groups excluding carboxylic acids is 1. The summed E-state index contributed by atoms with van der Waals surface area (Å²) in [6, 6.07) is 23.6. The molecule has 1 amide bonds. The molecular weight excluding hydrogens is 522 g/mol. The van der Waals surface area contributed by atoms with Gasteiger partial charge in [-0.15, -0.1) is 11.8 Å². The Labute approximate surface area is 239 Å². The summed E-state index contributed by atoms with van der Waals surface area (Å²) in [5.41, 5.74) is 6.30. The van der Waals surface area contributed by atoms with Gasteiger partial charge in [0, 0.05) is 29.0 Å². The largest absolute Gasteiger partial charge is 0.493 e. The van der Waals surface area contributed by atoms with Gasteiger partial charge in [0.25, 0.3) is 0 Å². The molecule has 0 unspecified atom stereocenters. The van der Waals surface area contributed by atoms with E-state index in [-0.39, 0.29) is 12.3 Å². The first-order chi connectivity index (χ1) is 19.4. The number of rotatable bonds is 10.